The summed E-state index contributed by atoms with van der Waals surface area (Å²) in [5.41, 5.74) is 0.265. The average Bonchev–Trinajstić information content (AvgIpc) is 2.98. The molecule has 0 aromatic heterocycles. The number of benzene rings is 3. The maximum Gasteiger partial charge on any atom is 0.271 e. The van der Waals surface area contributed by atoms with E-state index >= 15 is 0 Å². The number of ether oxygens (including phenoxy) is 1. The largest absolute Gasteiger partial charge is 0.497 e. The van der Waals surface area contributed by atoms with Gasteiger partial charge >= 0.3 is 0 Å². The number of amides is 2. The molecule has 1 N–H and O–H groups in total. The molecular weight excluding hydrogens is 548 g/mol. The zero-order valence-electron chi connectivity index (χ0n) is 23.4. The number of hydrogen-bond donors (Lipinski definition) is 1. The summed E-state index contributed by atoms with van der Waals surface area (Å²) < 4.78 is 33.7. The maximum absolute atomic E-state index is 14.0. The number of hydrogen-bond acceptors (Lipinski definition) is 7. The molecule has 0 aliphatic rings. The summed E-state index contributed by atoms with van der Waals surface area (Å²) in [6, 6.07) is 18.4. The van der Waals surface area contributed by atoms with Gasteiger partial charge in [0.2, 0.25) is 11.8 Å². The van der Waals surface area contributed by atoms with Crippen molar-refractivity contribution in [1.82, 2.24) is 10.2 Å². The number of nitrogens with one attached hydrogen (secondary N) is 1. The van der Waals surface area contributed by atoms with Crippen molar-refractivity contribution in [3.05, 3.63) is 94.5 Å². The molecule has 0 saturated carbocycles. The Bertz CT molecular complexity index is 1480. The molecule has 0 heterocycles. The highest BCUT2D eigenvalue weighted by Gasteiger charge is 2.33. The third kappa shape index (κ3) is 7.82. The molecule has 0 unspecified atom stereocenters. The first-order valence-electron chi connectivity index (χ1n) is 13.0. The Balaban J connectivity index is 2.06. The molecule has 41 heavy (non-hydrogen) atoms. The summed E-state index contributed by atoms with van der Waals surface area (Å²) in [5.74, 6) is -0.523. The van der Waals surface area contributed by atoms with E-state index in [0.717, 1.165) is 10.4 Å². The second-order valence-electron chi connectivity index (χ2n) is 9.47. The van der Waals surface area contributed by atoms with Gasteiger partial charge in [-0.15, -0.1) is 0 Å². The van der Waals surface area contributed by atoms with Crippen LogP contribution in [0.3, 0.4) is 0 Å². The number of sulfonamides is 1. The number of nitro groups is 1. The van der Waals surface area contributed by atoms with Gasteiger partial charge in [0.15, 0.2) is 0 Å². The van der Waals surface area contributed by atoms with Crippen LogP contribution in [0.5, 0.6) is 5.75 Å². The van der Waals surface area contributed by atoms with Gasteiger partial charge in [-0.1, -0.05) is 43.3 Å². The zero-order valence-corrected chi connectivity index (χ0v) is 24.2. The summed E-state index contributed by atoms with van der Waals surface area (Å²) in [4.78, 5) is 39.1. The summed E-state index contributed by atoms with van der Waals surface area (Å²) >= 11 is 0. The highest BCUT2D eigenvalue weighted by molar-refractivity contribution is 7.92. The number of rotatable bonds is 13. The molecule has 0 saturated heterocycles. The smallest absolute Gasteiger partial charge is 0.271 e. The maximum atomic E-state index is 14.0. The van der Waals surface area contributed by atoms with Crippen molar-refractivity contribution in [2.24, 2.45) is 0 Å². The third-order valence-electron chi connectivity index (χ3n) is 6.59. The molecular formula is C29H34N4O7S. The van der Waals surface area contributed by atoms with Crippen LogP contribution in [-0.4, -0.2) is 55.8 Å². The monoisotopic (exact) mass is 582 g/mol. The van der Waals surface area contributed by atoms with Gasteiger partial charge < -0.3 is 15.0 Å². The van der Waals surface area contributed by atoms with Gasteiger partial charge in [0.25, 0.3) is 15.7 Å². The summed E-state index contributed by atoms with van der Waals surface area (Å²) in [5, 5.41) is 14.3. The predicted molar refractivity (Wildman–Crippen MR) is 155 cm³/mol. The molecule has 0 bridgehead atoms. The Morgan fingerprint density at radius 3 is 2.32 bits per heavy atom. The van der Waals surface area contributed by atoms with Crippen molar-refractivity contribution in [1.29, 1.82) is 0 Å². The van der Waals surface area contributed by atoms with Gasteiger partial charge in [-0.25, -0.2) is 8.42 Å². The Morgan fingerprint density at radius 2 is 1.68 bits per heavy atom. The first kappa shape index (κ1) is 31.1. The number of anilines is 1. The SMILES string of the molecule is CC[C@H](C)NC(=O)[C@H](C)N(Cc1cccc(OC)c1)C(=O)CN(c1cccc([N+](=O)[O-])c1)S(=O)(=O)c1ccccc1. The average molecular weight is 583 g/mol. The fourth-order valence-corrected chi connectivity index (χ4v) is 5.45. The van der Waals surface area contributed by atoms with Crippen LogP contribution >= 0.6 is 0 Å². The van der Waals surface area contributed by atoms with Crippen molar-refractivity contribution in [2.45, 2.75) is 50.7 Å². The van der Waals surface area contributed by atoms with Crippen LogP contribution in [0.4, 0.5) is 11.4 Å². The van der Waals surface area contributed by atoms with Gasteiger partial charge in [-0.3, -0.25) is 24.0 Å². The molecule has 3 aromatic carbocycles. The van der Waals surface area contributed by atoms with Crippen LogP contribution < -0.4 is 14.4 Å². The number of carbonyl (C=O) groups is 2. The molecule has 0 fully saturated rings. The molecule has 0 spiro atoms. The molecule has 0 radical (unpaired) electrons. The van der Waals surface area contributed by atoms with E-state index in [-0.39, 0.29) is 28.9 Å². The lowest BCUT2D eigenvalue weighted by molar-refractivity contribution is -0.384. The standard InChI is InChI=1S/C29H34N4O7S/c1-5-21(2)30-29(35)22(3)31(19-23-11-9-14-26(17-23)40-4)28(34)20-32(24-12-10-13-25(18-24)33(36)37)41(38,39)27-15-7-6-8-16-27/h6-18,21-22H,5,19-20H2,1-4H3,(H,30,35)/t21-,22-/m0/s1. The summed E-state index contributed by atoms with van der Waals surface area (Å²) in [6.07, 6.45) is 0.679. The van der Waals surface area contributed by atoms with Gasteiger partial charge in [-0.05, 0) is 56.2 Å². The fraction of sp³-hybridized carbons (Fsp3) is 0.310. The molecule has 218 valence electrons. The Kier molecular flexibility index (Phi) is 10.4. The number of non-ortho nitro benzene ring substituents is 1. The first-order valence-corrected chi connectivity index (χ1v) is 14.5. The number of nitro benzene ring substituents is 1. The van der Waals surface area contributed by atoms with Crippen LogP contribution in [0.25, 0.3) is 0 Å². The molecule has 3 rings (SSSR count). The van der Waals surface area contributed by atoms with E-state index in [1.807, 2.05) is 13.8 Å². The van der Waals surface area contributed by atoms with E-state index in [4.69, 9.17) is 4.74 Å². The summed E-state index contributed by atoms with van der Waals surface area (Å²) in [7, 11) is -2.83. The van der Waals surface area contributed by atoms with E-state index in [1.165, 1.54) is 54.5 Å². The minimum Gasteiger partial charge on any atom is -0.497 e. The molecule has 2 amide bonds. The van der Waals surface area contributed by atoms with Crippen molar-refractivity contribution in [2.75, 3.05) is 18.0 Å². The molecule has 2 atom stereocenters. The minimum atomic E-state index is -4.33. The Labute approximate surface area is 239 Å². The van der Waals surface area contributed by atoms with Gasteiger partial charge in [-0.2, -0.15) is 0 Å². The lowest BCUT2D eigenvalue weighted by atomic mass is 10.1. The second-order valence-corrected chi connectivity index (χ2v) is 11.3. The van der Waals surface area contributed by atoms with Crippen LogP contribution in [0, 0.1) is 10.1 Å². The fourth-order valence-electron chi connectivity index (χ4n) is 4.03. The lowest BCUT2D eigenvalue weighted by Gasteiger charge is -2.32. The molecule has 0 aliphatic carbocycles. The van der Waals surface area contributed by atoms with E-state index in [9.17, 15) is 28.1 Å². The van der Waals surface area contributed by atoms with E-state index in [1.54, 1.807) is 37.3 Å². The molecule has 11 nitrogen and oxygen atoms in total. The van der Waals surface area contributed by atoms with Crippen molar-refractivity contribution >= 4 is 33.2 Å². The molecule has 0 aliphatic heterocycles. The van der Waals surface area contributed by atoms with Gasteiger partial charge in [0.05, 0.1) is 22.6 Å². The molecule has 12 heteroatoms. The predicted octanol–water partition coefficient (Wildman–Crippen LogP) is 4.13. The third-order valence-corrected chi connectivity index (χ3v) is 8.38. The van der Waals surface area contributed by atoms with Crippen LogP contribution in [0.15, 0.2) is 83.8 Å². The normalized spacial score (nSPS) is 12.6. The number of carbonyl (C=O) groups excluding carboxylic acids is 2. The van der Waals surface area contributed by atoms with Crippen molar-refractivity contribution in [3.8, 4) is 5.75 Å². The Morgan fingerprint density at radius 1 is 1.00 bits per heavy atom. The summed E-state index contributed by atoms with van der Waals surface area (Å²) in [6.45, 7) is 4.61. The highest BCUT2D eigenvalue weighted by atomic mass is 32.2. The second kappa shape index (κ2) is 13.8. The van der Waals surface area contributed by atoms with E-state index in [0.29, 0.717) is 17.7 Å². The first-order chi connectivity index (χ1) is 19.5. The molecule has 3 aromatic rings. The number of methoxy groups -OCH3 is 1. The zero-order chi connectivity index (χ0) is 30.2. The van der Waals surface area contributed by atoms with E-state index in [2.05, 4.69) is 5.32 Å². The van der Waals surface area contributed by atoms with Gasteiger partial charge in [0.1, 0.15) is 18.3 Å². The minimum absolute atomic E-state index is 0.0146. The van der Waals surface area contributed by atoms with Crippen molar-refractivity contribution in [3.63, 3.8) is 0 Å². The quantitative estimate of drug-likeness (QED) is 0.236. The topological polar surface area (TPSA) is 139 Å². The Hall–Kier alpha value is -4.45. The highest BCUT2D eigenvalue weighted by Crippen LogP contribution is 2.27. The van der Waals surface area contributed by atoms with Crippen LogP contribution in [-0.2, 0) is 26.2 Å². The van der Waals surface area contributed by atoms with Gasteiger partial charge in [0, 0.05) is 24.7 Å². The number of nitrogens with zero attached hydrogens (tertiary/aromatic N) is 3. The van der Waals surface area contributed by atoms with E-state index < -0.39 is 39.3 Å². The van der Waals surface area contributed by atoms with Crippen LogP contribution in [0.1, 0.15) is 32.8 Å². The van der Waals surface area contributed by atoms with Crippen molar-refractivity contribution < 1.29 is 27.7 Å². The lowest BCUT2D eigenvalue weighted by Crippen LogP contribution is -2.52. The van der Waals surface area contributed by atoms with Crippen LogP contribution in [0.2, 0.25) is 0 Å².